The summed E-state index contributed by atoms with van der Waals surface area (Å²) in [5.74, 6) is -0.277. The highest BCUT2D eigenvalue weighted by molar-refractivity contribution is 7.46. The summed E-state index contributed by atoms with van der Waals surface area (Å²) in [6.45, 7) is 1.42. The number of nitrogen functional groups attached to an aromatic ring is 1. The van der Waals surface area contributed by atoms with Crippen LogP contribution in [-0.2, 0) is 26.8 Å². The Balaban J connectivity index is 1.44. The Morgan fingerprint density at radius 3 is 2.76 bits per heavy atom. The van der Waals surface area contributed by atoms with Gasteiger partial charge in [-0.3, -0.25) is 9.32 Å². The van der Waals surface area contributed by atoms with Crippen molar-refractivity contribution in [1.82, 2.24) is 4.90 Å². The van der Waals surface area contributed by atoms with Gasteiger partial charge in [0.25, 0.3) is 5.91 Å². The maximum Gasteiger partial charge on any atom is 0.469 e. The molecule has 10 heteroatoms. The molecule has 34 heavy (non-hydrogen) atoms. The van der Waals surface area contributed by atoms with E-state index in [1.54, 1.807) is 23.2 Å². The summed E-state index contributed by atoms with van der Waals surface area (Å²) in [4.78, 5) is 37.7. The normalized spacial score (nSPS) is 16.6. The van der Waals surface area contributed by atoms with Crippen LogP contribution in [0.5, 0.6) is 0 Å². The maximum atomic E-state index is 12.9. The lowest BCUT2D eigenvalue weighted by Gasteiger charge is -2.32. The number of amides is 1. The molecule has 184 valence electrons. The number of carbonyl (C=O) groups excluding carboxylic acids is 1. The quantitative estimate of drug-likeness (QED) is 0.145. The molecule has 2 aromatic carbocycles. The van der Waals surface area contributed by atoms with Crippen LogP contribution in [0.4, 0.5) is 5.69 Å². The molecule has 0 radical (unpaired) electrons. The number of aryl methyl sites for hydroxylation is 1. The number of nitrogens with two attached hydrogens (primary N) is 1. The third-order valence-electron chi connectivity index (χ3n) is 5.68. The number of hydrogen-bond acceptors (Lipinski definition) is 6. The highest BCUT2D eigenvalue weighted by atomic mass is 31.2. The van der Waals surface area contributed by atoms with Crippen molar-refractivity contribution in [3.8, 4) is 0 Å². The lowest BCUT2D eigenvalue weighted by molar-refractivity contribution is 0.0614. The molecule has 1 aliphatic rings. The van der Waals surface area contributed by atoms with Crippen LogP contribution in [0.15, 0.2) is 53.7 Å². The van der Waals surface area contributed by atoms with Crippen LogP contribution in [0.3, 0.4) is 0 Å². The number of nitrogens with zero attached hydrogens (tertiary/aromatic N) is 2. The number of anilines is 1. The van der Waals surface area contributed by atoms with Crippen LogP contribution >= 0.6 is 7.82 Å². The lowest BCUT2D eigenvalue weighted by Crippen LogP contribution is -2.41. The molecule has 0 spiro atoms. The summed E-state index contributed by atoms with van der Waals surface area (Å²) in [7, 11) is -4.52. The minimum atomic E-state index is -4.52. The molecule has 1 saturated heterocycles. The Hall–Kier alpha value is -2.71. The van der Waals surface area contributed by atoms with E-state index in [-0.39, 0.29) is 18.4 Å². The molecule has 0 aliphatic carbocycles. The van der Waals surface area contributed by atoms with Gasteiger partial charge in [-0.1, -0.05) is 41.6 Å². The van der Waals surface area contributed by atoms with E-state index < -0.39 is 7.82 Å². The zero-order chi connectivity index (χ0) is 24.4. The first-order chi connectivity index (χ1) is 16.3. The second-order valence-corrected chi connectivity index (χ2v) is 9.61. The maximum absolute atomic E-state index is 12.9. The Labute approximate surface area is 199 Å². The van der Waals surface area contributed by atoms with Crippen LogP contribution < -0.4 is 5.73 Å². The molecular weight excluding hydrogens is 457 g/mol. The van der Waals surface area contributed by atoms with E-state index in [1.165, 1.54) is 5.56 Å². The van der Waals surface area contributed by atoms with E-state index >= 15 is 0 Å². The number of piperidine rings is 1. The topological polar surface area (TPSA) is 135 Å². The largest absolute Gasteiger partial charge is 0.469 e. The lowest BCUT2D eigenvalue weighted by atomic mass is 9.98. The molecule has 3 rings (SSSR count). The average Bonchev–Trinajstić information content (AvgIpc) is 2.83. The number of oxime groups is 1. The number of carbonyl (C=O) groups is 1. The van der Waals surface area contributed by atoms with Crippen molar-refractivity contribution in [2.24, 2.45) is 11.1 Å². The van der Waals surface area contributed by atoms with Gasteiger partial charge in [-0.15, -0.1) is 0 Å². The molecule has 0 saturated carbocycles. The van der Waals surface area contributed by atoms with Crippen molar-refractivity contribution in [3.05, 3.63) is 65.2 Å². The van der Waals surface area contributed by atoms with Gasteiger partial charge in [-0.25, -0.2) is 4.57 Å². The zero-order valence-corrected chi connectivity index (χ0v) is 20.0. The van der Waals surface area contributed by atoms with Gasteiger partial charge in [0.2, 0.25) is 0 Å². The second-order valence-electron chi connectivity index (χ2n) is 8.37. The summed E-state index contributed by atoms with van der Waals surface area (Å²) in [5.41, 5.74) is 9.25. The number of rotatable bonds is 11. The summed E-state index contributed by atoms with van der Waals surface area (Å²) >= 11 is 0. The Morgan fingerprint density at radius 1 is 1.24 bits per heavy atom. The van der Waals surface area contributed by atoms with E-state index in [4.69, 9.17) is 20.4 Å². The van der Waals surface area contributed by atoms with Gasteiger partial charge in [0.1, 0.15) is 6.61 Å². The van der Waals surface area contributed by atoms with Crippen molar-refractivity contribution >= 4 is 25.6 Å². The van der Waals surface area contributed by atoms with Crippen LogP contribution in [0.2, 0.25) is 0 Å². The Morgan fingerprint density at radius 2 is 2.03 bits per heavy atom. The summed E-state index contributed by atoms with van der Waals surface area (Å²) in [6, 6.07) is 15.4. The molecule has 4 N–H and O–H groups in total. The second kappa shape index (κ2) is 12.7. The molecule has 1 amide bonds. The summed E-state index contributed by atoms with van der Waals surface area (Å²) < 4.78 is 15.5. The zero-order valence-electron chi connectivity index (χ0n) is 19.1. The summed E-state index contributed by atoms with van der Waals surface area (Å²) in [5, 5.41) is 3.99. The SMILES string of the molecule is Nc1cc(C(=O)N2CCCC(COP(=O)(O)O)C2)ccc1C/C=N/OCCCc1ccccc1. The number of likely N-dealkylation sites (tertiary alicyclic amines) is 1. The molecule has 1 unspecified atom stereocenters. The smallest absolute Gasteiger partial charge is 0.398 e. The number of phosphoric ester groups is 1. The molecule has 1 atom stereocenters. The first-order valence-electron chi connectivity index (χ1n) is 11.4. The van der Waals surface area contributed by atoms with Gasteiger partial charge in [0.15, 0.2) is 0 Å². The minimum Gasteiger partial charge on any atom is -0.398 e. The molecule has 1 heterocycles. The van der Waals surface area contributed by atoms with E-state index in [1.807, 2.05) is 24.3 Å². The minimum absolute atomic E-state index is 0.0806. The van der Waals surface area contributed by atoms with Crippen LogP contribution in [0.1, 0.15) is 40.7 Å². The van der Waals surface area contributed by atoms with Gasteiger partial charge >= 0.3 is 7.82 Å². The van der Waals surface area contributed by atoms with E-state index in [0.29, 0.717) is 37.4 Å². The average molecular weight is 490 g/mol. The molecule has 0 bridgehead atoms. The Kier molecular flexibility index (Phi) is 9.65. The van der Waals surface area contributed by atoms with Crippen LogP contribution in [0, 0.1) is 5.92 Å². The Bertz CT molecular complexity index is 1010. The fourth-order valence-corrected chi connectivity index (χ4v) is 4.32. The van der Waals surface area contributed by atoms with E-state index in [9.17, 15) is 9.36 Å². The van der Waals surface area contributed by atoms with Crippen molar-refractivity contribution < 1.29 is 28.5 Å². The molecule has 1 aliphatic heterocycles. The molecule has 1 fully saturated rings. The van der Waals surface area contributed by atoms with Gasteiger partial charge in [0, 0.05) is 42.9 Å². The number of benzene rings is 2. The fourth-order valence-electron chi connectivity index (χ4n) is 3.91. The van der Waals surface area contributed by atoms with Crippen LogP contribution in [0.25, 0.3) is 0 Å². The van der Waals surface area contributed by atoms with Gasteiger partial charge in [-0.05, 0) is 48.9 Å². The molecular formula is C24H32N3O6P. The van der Waals surface area contributed by atoms with Gasteiger partial charge < -0.3 is 25.3 Å². The predicted octanol–water partition coefficient (Wildman–Crippen LogP) is 3.41. The van der Waals surface area contributed by atoms with Crippen molar-refractivity contribution in [2.45, 2.75) is 32.1 Å². The standard InChI is InChI=1S/C24H32N3O6P/c25-23-16-22(24(28)27-14-4-8-20(17-27)18-33-34(29,30)31)11-10-21(23)12-13-26-32-15-5-9-19-6-2-1-3-7-19/h1-3,6-7,10-11,13,16,20H,4-5,8-9,12,14-15,17-18,25H2,(H2,29,30,31)/b26-13+. The number of phosphoric acid groups is 1. The first kappa shape index (κ1) is 25.9. The van der Waals surface area contributed by atoms with Crippen molar-refractivity contribution in [1.29, 1.82) is 0 Å². The third-order valence-corrected chi connectivity index (χ3v) is 6.17. The van der Waals surface area contributed by atoms with Crippen molar-refractivity contribution in [3.63, 3.8) is 0 Å². The van der Waals surface area contributed by atoms with Gasteiger partial charge in [-0.2, -0.15) is 0 Å². The van der Waals surface area contributed by atoms with E-state index in [2.05, 4.69) is 21.8 Å². The summed E-state index contributed by atoms with van der Waals surface area (Å²) in [6.07, 6.45) is 5.46. The first-order valence-corrected chi connectivity index (χ1v) is 12.9. The highest BCUT2D eigenvalue weighted by Gasteiger charge is 2.27. The third kappa shape index (κ3) is 8.57. The predicted molar refractivity (Wildman–Crippen MR) is 130 cm³/mol. The fraction of sp³-hybridized carbons (Fsp3) is 0.417. The monoisotopic (exact) mass is 489 g/mol. The number of hydrogen-bond donors (Lipinski definition) is 3. The van der Waals surface area contributed by atoms with Crippen molar-refractivity contribution in [2.75, 3.05) is 32.0 Å². The highest BCUT2D eigenvalue weighted by Crippen LogP contribution is 2.37. The van der Waals surface area contributed by atoms with E-state index in [0.717, 1.165) is 31.2 Å². The van der Waals surface area contributed by atoms with Crippen LogP contribution in [-0.4, -0.2) is 53.1 Å². The molecule has 0 aromatic heterocycles. The molecule has 2 aromatic rings. The van der Waals surface area contributed by atoms with Gasteiger partial charge in [0.05, 0.1) is 6.61 Å². The molecule has 9 nitrogen and oxygen atoms in total.